The van der Waals surface area contributed by atoms with Crippen molar-refractivity contribution in [2.45, 2.75) is 26.7 Å². The summed E-state index contributed by atoms with van der Waals surface area (Å²) in [5.41, 5.74) is 10.1. The zero-order valence-corrected chi connectivity index (χ0v) is 11.2. The van der Waals surface area contributed by atoms with Crippen molar-refractivity contribution in [3.05, 3.63) is 35.3 Å². The Morgan fingerprint density at radius 1 is 1.28 bits per heavy atom. The summed E-state index contributed by atoms with van der Waals surface area (Å²) in [5, 5.41) is 4.27. The number of halogens is 1. The molecule has 0 aliphatic rings. The largest absolute Gasteiger partial charge is 0.398 e. The first-order chi connectivity index (χ1) is 8.40. The molecule has 0 fully saturated rings. The third-order valence-corrected chi connectivity index (χ3v) is 3.08. The third kappa shape index (κ3) is 2.10. The van der Waals surface area contributed by atoms with Gasteiger partial charge < -0.3 is 5.73 Å². The minimum absolute atomic E-state index is 0.189. The van der Waals surface area contributed by atoms with Crippen LogP contribution in [0.1, 0.15) is 31.0 Å². The van der Waals surface area contributed by atoms with Gasteiger partial charge >= 0.3 is 0 Å². The zero-order chi connectivity index (χ0) is 13.4. The summed E-state index contributed by atoms with van der Waals surface area (Å²) in [5.74, 6) is -0.0736. The number of nitrogen functional groups attached to an aromatic ring is 1. The normalized spacial score (nSPS) is 11.2. The van der Waals surface area contributed by atoms with Crippen LogP contribution in [0.3, 0.4) is 0 Å². The van der Waals surface area contributed by atoms with Gasteiger partial charge in [-0.3, -0.25) is 4.68 Å². The highest BCUT2D eigenvalue weighted by molar-refractivity contribution is 5.77. The van der Waals surface area contributed by atoms with E-state index >= 15 is 0 Å². The van der Waals surface area contributed by atoms with E-state index in [1.165, 1.54) is 12.1 Å². The van der Waals surface area contributed by atoms with Crippen LogP contribution >= 0.6 is 0 Å². The lowest BCUT2D eigenvalue weighted by molar-refractivity contribution is 0.624. The van der Waals surface area contributed by atoms with Crippen LogP contribution in [0.15, 0.2) is 18.2 Å². The van der Waals surface area contributed by atoms with E-state index in [4.69, 9.17) is 5.73 Å². The molecule has 4 heteroatoms. The molecule has 2 N–H and O–H groups in total. The van der Waals surface area contributed by atoms with Crippen molar-refractivity contribution in [1.82, 2.24) is 9.78 Å². The van der Waals surface area contributed by atoms with Crippen LogP contribution in [-0.4, -0.2) is 9.78 Å². The lowest BCUT2D eigenvalue weighted by atomic mass is 9.96. The summed E-state index contributed by atoms with van der Waals surface area (Å²) in [6.07, 6.45) is 0. The quantitative estimate of drug-likeness (QED) is 0.828. The fraction of sp³-hybridized carbons (Fsp3) is 0.357. The molecule has 18 heavy (non-hydrogen) atoms. The standard InChI is InChI=1S/C14H18FN3/c1-8(2)11-6-10(15)7-12(14(11)16)13-5-9(3)17-18(13)4/h5-8H,16H2,1-4H3. The third-order valence-electron chi connectivity index (χ3n) is 3.08. The van der Waals surface area contributed by atoms with Crippen LogP contribution in [0.25, 0.3) is 11.3 Å². The monoisotopic (exact) mass is 247 g/mol. The number of nitrogens with two attached hydrogens (primary N) is 1. The van der Waals surface area contributed by atoms with E-state index in [0.29, 0.717) is 11.3 Å². The minimum Gasteiger partial charge on any atom is -0.398 e. The number of hydrogen-bond donors (Lipinski definition) is 1. The SMILES string of the molecule is Cc1cc(-c2cc(F)cc(C(C)C)c2N)n(C)n1. The van der Waals surface area contributed by atoms with Crippen molar-refractivity contribution in [1.29, 1.82) is 0 Å². The van der Waals surface area contributed by atoms with Crippen LogP contribution in [0.4, 0.5) is 10.1 Å². The summed E-state index contributed by atoms with van der Waals surface area (Å²) in [6.45, 7) is 5.91. The van der Waals surface area contributed by atoms with Gasteiger partial charge in [0, 0.05) is 18.3 Å². The fourth-order valence-electron chi connectivity index (χ4n) is 2.19. The van der Waals surface area contributed by atoms with Crippen LogP contribution < -0.4 is 5.73 Å². The van der Waals surface area contributed by atoms with Gasteiger partial charge in [-0.15, -0.1) is 0 Å². The maximum atomic E-state index is 13.7. The number of hydrogen-bond acceptors (Lipinski definition) is 2. The Labute approximate surface area is 106 Å². The molecule has 0 saturated heterocycles. The number of aryl methyl sites for hydroxylation is 2. The minimum atomic E-state index is -0.262. The average Bonchev–Trinajstić information content (AvgIpc) is 2.60. The number of benzene rings is 1. The zero-order valence-electron chi connectivity index (χ0n) is 11.2. The highest BCUT2D eigenvalue weighted by Crippen LogP contribution is 2.33. The molecular weight excluding hydrogens is 229 g/mol. The first-order valence-corrected chi connectivity index (χ1v) is 6.00. The number of aromatic nitrogens is 2. The maximum Gasteiger partial charge on any atom is 0.124 e. The smallest absolute Gasteiger partial charge is 0.124 e. The van der Waals surface area contributed by atoms with Crippen molar-refractivity contribution >= 4 is 5.69 Å². The summed E-state index contributed by atoms with van der Waals surface area (Å²) >= 11 is 0. The van der Waals surface area contributed by atoms with Gasteiger partial charge in [-0.2, -0.15) is 5.10 Å². The molecule has 0 bridgehead atoms. The predicted molar refractivity (Wildman–Crippen MR) is 71.8 cm³/mol. The van der Waals surface area contributed by atoms with Gasteiger partial charge in [0.2, 0.25) is 0 Å². The van der Waals surface area contributed by atoms with Gasteiger partial charge in [-0.25, -0.2) is 4.39 Å². The van der Waals surface area contributed by atoms with Crippen LogP contribution in [0.5, 0.6) is 0 Å². The summed E-state index contributed by atoms with van der Waals surface area (Å²) in [4.78, 5) is 0. The molecule has 1 aromatic heterocycles. The van der Waals surface area contributed by atoms with Crippen LogP contribution in [0, 0.1) is 12.7 Å². The molecule has 1 aromatic carbocycles. The Morgan fingerprint density at radius 2 is 1.94 bits per heavy atom. The molecule has 2 rings (SSSR count). The molecule has 1 heterocycles. The van der Waals surface area contributed by atoms with E-state index in [1.807, 2.05) is 33.9 Å². The molecule has 0 spiro atoms. The van der Waals surface area contributed by atoms with Crippen molar-refractivity contribution in [2.24, 2.45) is 7.05 Å². The topological polar surface area (TPSA) is 43.8 Å². The van der Waals surface area contributed by atoms with Crippen molar-refractivity contribution < 1.29 is 4.39 Å². The Balaban J connectivity index is 2.68. The van der Waals surface area contributed by atoms with E-state index in [1.54, 1.807) is 4.68 Å². The molecule has 2 aromatic rings. The second-order valence-corrected chi connectivity index (χ2v) is 4.91. The molecule has 3 nitrogen and oxygen atoms in total. The Hall–Kier alpha value is -1.84. The molecule has 0 radical (unpaired) electrons. The van der Waals surface area contributed by atoms with Gasteiger partial charge in [-0.1, -0.05) is 13.8 Å². The lowest BCUT2D eigenvalue weighted by Gasteiger charge is -2.14. The van der Waals surface area contributed by atoms with E-state index in [0.717, 1.165) is 17.0 Å². The van der Waals surface area contributed by atoms with E-state index in [2.05, 4.69) is 5.10 Å². The first kappa shape index (κ1) is 12.6. The molecule has 0 saturated carbocycles. The molecule has 0 atom stereocenters. The van der Waals surface area contributed by atoms with E-state index < -0.39 is 0 Å². The molecule has 0 unspecified atom stereocenters. The molecular formula is C14H18FN3. The van der Waals surface area contributed by atoms with E-state index in [-0.39, 0.29) is 11.7 Å². The fourth-order valence-corrected chi connectivity index (χ4v) is 2.19. The van der Waals surface area contributed by atoms with Gasteiger partial charge in [0.15, 0.2) is 0 Å². The highest BCUT2D eigenvalue weighted by atomic mass is 19.1. The van der Waals surface area contributed by atoms with Gasteiger partial charge in [0.05, 0.1) is 11.4 Å². The highest BCUT2D eigenvalue weighted by Gasteiger charge is 2.15. The summed E-state index contributed by atoms with van der Waals surface area (Å²) in [6, 6.07) is 4.89. The number of nitrogens with zero attached hydrogens (tertiary/aromatic N) is 2. The van der Waals surface area contributed by atoms with Crippen LogP contribution in [0.2, 0.25) is 0 Å². The average molecular weight is 247 g/mol. The lowest BCUT2D eigenvalue weighted by Crippen LogP contribution is -2.03. The first-order valence-electron chi connectivity index (χ1n) is 6.00. The Morgan fingerprint density at radius 3 is 2.44 bits per heavy atom. The van der Waals surface area contributed by atoms with Crippen molar-refractivity contribution in [3.8, 4) is 11.3 Å². The maximum absolute atomic E-state index is 13.7. The Bertz CT molecular complexity index is 585. The van der Waals surface area contributed by atoms with Gasteiger partial charge in [0.1, 0.15) is 5.82 Å². The molecule has 0 aliphatic carbocycles. The van der Waals surface area contributed by atoms with Crippen molar-refractivity contribution in [2.75, 3.05) is 5.73 Å². The Kier molecular flexibility index (Phi) is 3.11. The van der Waals surface area contributed by atoms with Crippen LogP contribution in [-0.2, 0) is 7.05 Å². The second kappa shape index (κ2) is 4.44. The van der Waals surface area contributed by atoms with Gasteiger partial charge in [0.25, 0.3) is 0 Å². The van der Waals surface area contributed by atoms with Crippen molar-refractivity contribution in [3.63, 3.8) is 0 Å². The summed E-state index contributed by atoms with van der Waals surface area (Å²) in [7, 11) is 1.84. The van der Waals surface area contributed by atoms with E-state index in [9.17, 15) is 4.39 Å². The summed E-state index contributed by atoms with van der Waals surface area (Å²) < 4.78 is 15.4. The second-order valence-electron chi connectivity index (χ2n) is 4.91. The number of anilines is 1. The number of rotatable bonds is 2. The molecule has 96 valence electrons. The molecule has 0 aliphatic heterocycles. The molecule has 0 amide bonds. The van der Waals surface area contributed by atoms with Gasteiger partial charge in [-0.05, 0) is 36.6 Å². The predicted octanol–water partition coefficient (Wildman–Crippen LogP) is 3.24.